The summed E-state index contributed by atoms with van der Waals surface area (Å²) in [5.74, 6) is 1.50. The second kappa shape index (κ2) is 4.04. The van der Waals surface area contributed by atoms with Crippen LogP contribution in [0.15, 0.2) is 12.1 Å². The zero-order valence-electron chi connectivity index (χ0n) is 9.57. The molecule has 1 aromatic carbocycles. The molecule has 1 aromatic rings. The van der Waals surface area contributed by atoms with E-state index < -0.39 is 0 Å². The van der Waals surface area contributed by atoms with E-state index in [1.165, 1.54) is 0 Å². The molecule has 86 valence electrons. The van der Waals surface area contributed by atoms with Gasteiger partial charge in [0.05, 0.1) is 20.1 Å². The molecule has 0 fully saturated rings. The quantitative estimate of drug-likeness (QED) is 0.565. The Morgan fingerprint density at radius 1 is 1.25 bits per heavy atom. The van der Waals surface area contributed by atoms with Crippen LogP contribution in [0, 0.1) is 5.92 Å². The fourth-order valence-electron chi connectivity index (χ4n) is 1.78. The molecule has 0 saturated carbocycles. The molecule has 2 rings (SSSR count). The molecule has 0 spiro atoms. The lowest BCUT2D eigenvalue weighted by molar-refractivity contribution is -0.139. The Morgan fingerprint density at radius 3 is 2.50 bits per heavy atom. The Hall–Kier alpha value is -1.71. The lowest BCUT2D eigenvalue weighted by atomic mass is 9.97. The zero-order valence-corrected chi connectivity index (χ0v) is 9.57. The monoisotopic (exact) mass is 222 g/mol. The van der Waals surface area contributed by atoms with Crippen LogP contribution in [-0.2, 0) is 11.2 Å². The molecule has 4 nitrogen and oxygen atoms in total. The van der Waals surface area contributed by atoms with Crippen molar-refractivity contribution >= 4 is 5.97 Å². The van der Waals surface area contributed by atoms with Crippen LogP contribution < -0.4 is 14.2 Å². The first-order chi connectivity index (χ1) is 7.65. The van der Waals surface area contributed by atoms with E-state index in [-0.39, 0.29) is 11.9 Å². The smallest absolute Gasteiger partial charge is 0.314 e. The van der Waals surface area contributed by atoms with Gasteiger partial charge in [-0.25, -0.2) is 0 Å². The van der Waals surface area contributed by atoms with Crippen LogP contribution in [0.3, 0.4) is 0 Å². The minimum Gasteiger partial charge on any atom is -0.493 e. The Morgan fingerprint density at radius 2 is 1.88 bits per heavy atom. The van der Waals surface area contributed by atoms with Crippen LogP contribution in [0.2, 0.25) is 0 Å². The fourth-order valence-corrected chi connectivity index (χ4v) is 1.78. The van der Waals surface area contributed by atoms with Gasteiger partial charge in [0.25, 0.3) is 0 Å². The van der Waals surface area contributed by atoms with Crippen LogP contribution in [0.25, 0.3) is 0 Å². The first kappa shape index (κ1) is 10.8. The van der Waals surface area contributed by atoms with E-state index in [9.17, 15) is 4.79 Å². The lowest BCUT2D eigenvalue weighted by Crippen LogP contribution is -2.25. The Bertz CT molecular complexity index is 425. The molecule has 1 aliphatic rings. The Labute approximate surface area is 94.1 Å². The number of carbonyl (C=O) groups is 1. The van der Waals surface area contributed by atoms with Gasteiger partial charge in [-0.05, 0) is 18.1 Å². The maximum atomic E-state index is 11.4. The molecule has 4 heteroatoms. The van der Waals surface area contributed by atoms with Crippen molar-refractivity contribution in [1.82, 2.24) is 0 Å². The van der Waals surface area contributed by atoms with E-state index in [4.69, 9.17) is 14.2 Å². The fraction of sp³-hybridized carbons (Fsp3) is 0.417. The van der Waals surface area contributed by atoms with Crippen molar-refractivity contribution in [2.24, 2.45) is 5.92 Å². The SMILES string of the molecule is COc1cc2c(cc1OC)OC(=O)C(C)C2. The maximum absolute atomic E-state index is 11.4. The van der Waals surface area contributed by atoms with E-state index in [0.29, 0.717) is 23.7 Å². The molecule has 0 bridgehead atoms. The summed E-state index contributed by atoms with van der Waals surface area (Å²) in [5.41, 5.74) is 0.977. The summed E-state index contributed by atoms with van der Waals surface area (Å²) in [5, 5.41) is 0. The molecule has 0 N–H and O–H groups in total. The third-order valence-corrected chi connectivity index (χ3v) is 2.71. The predicted octanol–water partition coefficient (Wildman–Crippen LogP) is 1.80. The third-order valence-electron chi connectivity index (χ3n) is 2.71. The topological polar surface area (TPSA) is 44.8 Å². The number of benzene rings is 1. The summed E-state index contributed by atoms with van der Waals surface area (Å²) in [6, 6.07) is 3.55. The Balaban J connectivity index is 2.45. The summed E-state index contributed by atoms with van der Waals surface area (Å²) in [7, 11) is 3.14. The number of methoxy groups -OCH3 is 2. The van der Waals surface area contributed by atoms with Crippen molar-refractivity contribution in [2.75, 3.05) is 14.2 Å². The van der Waals surface area contributed by atoms with Gasteiger partial charge in [-0.3, -0.25) is 4.79 Å². The molecule has 1 heterocycles. The van der Waals surface area contributed by atoms with Gasteiger partial charge in [0.15, 0.2) is 11.5 Å². The molecule has 0 aromatic heterocycles. The van der Waals surface area contributed by atoms with Crippen molar-refractivity contribution in [3.8, 4) is 17.2 Å². The average Bonchev–Trinajstić information content (AvgIpc) is 2.29. The molecular formula is C12H14O4. The molecule has 0 amide bonds. The highest BCUT2D eigenvalue weighted by atomic mass is 16.5. The number of carbonyl (C=O) groups excluding carboxylic acids is 1. The molecular weight excluding hydrogens is 208 g/mol. The number of fused-ring (bicyclic) bond motifs is 1. The van der Waals surface area contributed by atoms with Gasteiger partial charge in [0, 0.05) is 6.07 Å². The Kier molecular flexibility index (Phi) is 2.73. The van der Waals surface area contributed by atoms with Gasteiger partial charge in [-0.1, -0.05) is 6.92 Å². The van der Waals surface area contributed by atoms with E-state index in [1.807, 2.05) is 13.0 Å². The van der Waals surface area contributed by atoms with Gasteiger partial charge in [0.1, 0.15) is 5.75 Å². The summed E-state index contributed by atoms with van der Waals surface area (Å²) < 4.78 is 15.6. The molecule has 0 radical (unpaired) electrons. The summed E-state index contributed by atoms with van der Waals surface area (Å²) >= 11 is 0. The van der Waals surface area contributed by atoms with Gasteiger partial charge in [-0.2, -0.15) is 0 Å². The first-order valence-corrected chi connectivity index (χ1v) is 5.12. The van der Waals surface area contributed by atoms with Crippen LogP contribution >= 0.6 is 0 Å². The van der Waals surface area contributed by atoms with Crippen molar-refractivity contribution in [3.05, 3.63) is 17.7 Å². The normalized spacial score (nSPS) is 18.7. The number of rotatable bonds is 2. The molecule has 0 saturated heterocycles. The van der Waals surface area contributed by atoms with Crippen LogP contribution in [-0.4, -0.2) is 20.2 Å². The second-order valence-electron chi connectivity index (χ2n) is 3.84. The van der Waals surface area contributed by atoms with E-state index >= 15 is 0 Å². The molecule has 1 unspecified atom stereocenters. The number of esters is 1. The minimum atomic E-state index is -0.195. The highest BCUT2D eigenvalue weighted by Gasteiger charge is 2.26. The van der Waals surface area contributed by atoms with Crippen molar-refractivity contribution in [1.29, 1.82) is 0 Å². The average molecular weight is 222 g/mol. The zero-order chi connectivity index (χ0) is 11.7. The molecule has 0 aliphatic carbocycles. The van der Waals surface area contributed by atoms with E-state index in [1.54, 1.807) is 20.3 Å². The van der Waals surface area contributed by atoms with Crippen molar-refractivity contribution < 1.29 is 19.0 Å². The summed E-state index contributed by atoms with van der Waals surface area (Å²) in [6.45, 7) is 1.85. The standard InChI is InChI=1S/C12H14O4/c1-7-4-8-5-10(14-2)11(15-3)6-9(8)16-12(7)13/h5-7H,4H2,1-3H3. The largest absolute Gasteiger partial charge is 0.493 e. The van der Waals surface area contributed by atoms with E-state index in [2.05, 4.69) is 0 Å². The highest BCUT2D eigenvalue weighted by Crippen LogP contribution is 2.38. The summed E-state index contributed by atoms with van der Waals surface area (Å²) in [4.78, 5) is 11.4. The van der Waals surface area contributed by atoms with Crippen molar-refractivity contribution in [3.63, 3.8) is 0 Å². The van der Waals surface area contributed by atoms with Gasteiger partial charge >= 0.3 is 5.97 Å². The third kappa shape index (κ3) is 1.71. The highest BCUT2D eigenvalue weighted by molar-refractivity contribution is 5.78. The second-order valence-corrected chi connectivity index (χ2v) is 3.84. The molecule has 1 aliphatic heterocycles. The van der Waals surface area contributed by atoms with Crippen molar-refractivity contribution in [2.45, 2.75) is 13.3 Å². The van der Waals surface area contributed by atoms with Gasteiger partial charge < -0.3 is 14.2 Å². The minimum absolute atomic E-state index is 0.106. The lowest BCUT2D eigenvalue weighted by Gasteiger charge is -2.22. The molecule has 1 atom stereocenters. The van der Waals surface area contributed by atoms with Gasteiger partial charge in [-0.15, -0.1) is 0 Å². The first-order valence-electron chi connectivity index (χ1n) is 5.12. The van der Waals surface area contributed by atoms with Crippen LogP contribution in [0.1, 0.15) is 12.5 Å². The van der Waals surface area contributed by atoms with E-state index in [0.717, 1.165) is 5.56 Å². The predicted molar refractivity (Wildman–Crippen MR) is 58.0 cm³/mol. The number of hydrogen-bond acceptors (Lipinski definition) is 4. The molecule has 16 heavy (non-hydrogen) atoms. The maximum Gasteiger partial charge on any atom is 0.314 e. The summed E-state index contributed by atoms with van der Waals surface area (Å²) in [6.07, 6.45) is 0.675. The number of ether oxygens (including phenoxy) is 3. The van der Waals surface area contributed by atoms with Crippen LogP contribution in [0.4, 0.5) is 0 Å². The van der Waals surface area contributed by atoms with Gasteiger partial charge in [0.2, 0.25) is 0 Å². The van der Waals surface area contributed by atoms with Crippen LogP contribution in [0.5, 0.6) is 17.2 Å². The number of hydrogen-bond donors (Lipinski definition) is 0.